The summed E-state index contributed by atoms with van der Waals surface area (Å²) in [6.07, 6.45) is 0.235. The van der Waals surface area contributed by atoms with Gasteiger partial charge in [-0.2, -0.15) is 0 Å². The predicted molar refractivity (Wildman–Crippen MR) is 84.5 cm³/mol. The Balaban J connectivity index is 2.37. The van der Waals surface area contributed by atoms with Gasteiger partial charge in [-0.1, -0.05) is 24.3 Å². The number of nitrogens with two attached hydrogens (primary N) is 1. The number of nitrogens with one attached hydrogen (secondary N) is 1. The molecule has 0 aromatic heterocycles. The first-order valence-corrected chi connectivity index (χ1v) is 7.02. The molecular weight excluding hydrogens is 280 g/mol. The summed E-state index contributed by atoms with van der Waals surface area (Å²) in [7, 11) is 1.68. The topological polar surface area (TPSA) is 92.4 Å². The summed E-state index contributed by atoms with van der Waals surface area (Å²) in [6.45, 7) is -0.140. The zero-order valence-corrected chi connectivity index (χ0v) is 12.1. The molecule has 0 fully saturated rings. The number of anilines is 2. The van der Waals surface area contributed by atoms with Crippen molar-refractivity contribution >= 4 is 22.9 Å². The van der Waals surface area contributed by atoms with Crippen molar-refractivity contribution in [1.29, 1.82) is 0 Å². The maximum absolute atomic E-state index is 12.9. The van der Waals surface area contributed by atoms with Gasteiger partial charge in [-0.15, -0.1) is 0 Å². The molecule has 2 aromatic carbocycles. The van der Waals surface area contributed by atoms with Gasteiger partial charge in [-0.25, -0.2) is 0 Å². The second-order valence-corrected chi connectivity index (χ2v) is 5.17. The molecule has 0 bridgehead atoms. The molecule has 0 atom stereocenters. The lowest BCUT2D eigenvalue weighted by atomic mass is 9.80. The van der Waals surface area contributed by atoms with Crippen LogP contribution in [0.4, 0.5) is 11.4 Å². The Kier molecular flexibility index (Phi) is 3.42. The lowest BCUT2D eigenvalue weighted by Gasteiger charge is -2.24. The molecule has 0 spiro atoms. The molecule has 0 aliphatic heterocycles. The van der Waals surface area contributed by atoms with E-state index in [0.717, 1.165) is 0 Å². The van der Waals surface area contributed by atoms with Gasteiger partial charge in [-0.05, 0) is 18.1 Å². The van der Waals surface area contributed by atoms with Crippen LogP contribution in [0.1, 0.15) is 37.4 Å². The average molecular weight is 296 g/mol. The fraction of sp³-hybridized carbons (Fsp3) is 0.176. The van der Waals surface area contributed by atoms with Gasteiger partial charge in [-0.3, -0.25) is 9.59 Å². The fourth-order valence-electron chi connectivity index (χ4n) is 2.96. The Morgan fingerprint density at radius 2 is 1.68 bits per heavy atom. The molecule has 22 heavy (non-hydrogen) atoms. The van der Waals surface area contributed by atoms with E-state index in [1.807, 2.05) is 0 Å². The highest BCUT2D eigenvalue weighted by molar-refractivity contribution is 6.31. The van der Waals surface area contributed by atoms with E-state index in [1.165, 1.54) is 0 Å². The van der Waals surface area contributed by atoms with Gasteiger partial charge in [0, 0.05) is 41.7 Å². The number of carbonyl (C=O) groups excluding carboxylic acids is 2. The fourth-order valence-corrected chi connectivity index (χ4v) is 2.96. The monoisotopic (exact) mass is 296 g/mol. The van der Waals surface area contributed by atoms with Gasteiger partial charge in [0.1, 0.15) is 0 Å². The van der Waals surface area contributed by atoms with Crippen molar-refractivity contribution in [1.82, 2.24) is 0 Å². The first-order valence-electron chi connectivity index (χ1n) is 7.02. The number of rotatable bonds is 3. The molecule has 0 saturated carbocycles. The smallest absolute Gasteiger partial charge is 0.196 e. The van der Waals surface area contributed by atoms with Crippen molar-refractivity contribution in [3.63, 3.8) is 0 Å². The first-order chi connectivity index (χ1) is 10.6. The number of ketones is 2. The van der Waals surface area contributed by atoms with Crippen LogP contribution in [0.25, 0.3) is 0 Å². The minimum Gasteiger partial charge on any atom is -0.398 e. The largest absolute Gasteiger partial charge is 0.398 e. The molecule has 5 nitrogen and oxygen atoms in total. The molecule has 0 amide bonds. The normalized spacial score (nSPS) is 12.8. The van der Waals surface area contributed by atoms with Gasteiger partial charge >= 0.3 is 0 Å². The molecule has 0 heterocycles. The molecule has 1 aliphatic carbocycles. The summed E-state index contributed by atoms with van der Waals surface area (Å²) < 4.78 is 0. The molecule has 112 valence electrons. The van der Waals surface area contributed by atoms with E-state index >= 15 is 0 Å². The molecule has 0 saturated heterocycles. The number of hydrogen-bond donors (Lipinski definition) is 3. The number of hydrogen-bond acceptors (Lipinski definition) is 5. The van der Waals surface area contributed by atoms with Gasteiger partial charge in [0.05, 0.1) is 5.56 Å². The summed E-state index contributed by atoms with van der Waals surface area (Å²) >= 11 is 0. The lowest BCUT2D eigenvalue weighted by molar-refractivity contribution is 0.0978. The Bertz CT molecular complexity index is 797. The molecule has 1 aliphatic rings. The van der Waals surface area contributed by atoms with Crippen molar-refractivity contribution in [2.75, 3.05) is 24.7 Å². The van der Waals surface area contributed by atoms with E-state index in [2.05, 4.69) is 5.32 Å². The van der Waals surface area contributed by atoms with Crippen molar-refractivity contribution in [2.24, 2.45) is 0 Å². The molecule has 0 radical (unpaired) electrons. The molecule has 2 aromatic rings. The van der Waals surface area contributed by atoms with Crippen LogP contribution in [-0.2, 0) is 6.42 Å². The van der Waals surface area contributed by atoms with E-state index in [0.29, 0.717) is 39.2 Å². The van der Waals surface area contributed by atoms with Crippen LogP contribution in [-0.4, -0.2) is 30.3 Å². The molecule has 5 heteroatoms. The van der Waals surface area contributed by atoms with Crippen molar-refractivity contribution in [2.45, 2.75) is 6.42 Å². The average Bonchev–Trinajstić information content (AvgIpc) is 2.54. The summed E-state index contributed by atoms with van der Waals surface area (Å²) in [5.41, 5.74) is 8.91. The van der Waals surface area contributed by atoms with E-state index in [1.54, 1.807) is 37.4 Å². The molecular formula is C17H16N2O3. The summed E-state index contributed by atoms with van der Waals surface area (Å²) in [5, 5.41) is 12.2. The number of aliphatic hydroxyl groups is 1. The minimum absolute atomic E-state index is 0.140. The summed E-state index contributed by atoms with van der Waals surface area (Å²) in [6, 6.07) is 8.40. The Morgan fingerprint density at radius 3 is 2.23 bits per heavy atom. The Morgan fingerprint density at radius 1 is 1.09 bits per heavy atom. The summed E-state index contributed by atoms with van der Waals surface area (Å²) in [4.78, 5) is 25.7. The van der Waals surface area contributed by atoms with Crippen LogP contribution in [0.3, 0.4) is 0 Å². The third-order valence-electron chi connectivity index (χ3n) is 3.97. The van der Waals surface area contributed by atoms with Crippen molar-refractivity contribution in [3.05, 3.63) is 58.1 Å². The number of aliphatic hydroxyl groups excluding tert-OH is 1. The van der Waals surface area contributed by atoms with Crippen LogP contribution < -0.4 is 11.1 Å². The van der Waals surface area contributed by atoms with Gasteiger partial charge in [0.25, 0.3) is 0 Å². The van der Waals surface area contributed by atoms with Crippen LogP contribution >= 0.6 is 0 Å². The Labute approximate surface area is 127 Å². The molecule has 0 unspecified atom stereocenters. The van der Waals surface area contributed by atoms with Gasteiger partial charge < -0.3 is 16.2 Å². The number of carbonyl (C=O) groups is 2. The van der Waals surface area contributed by atoms with E-state index in [9.17, 15) is 14.7 Å². The van der Waals surface area contributed by atoms with Crippen LogP contribution in [0.15, 0.2) is 30.3 Å². The minimum atomic E-state index is -0.225. The summed E-state index contributed by atoms with van der Waals surface area (Å²) in [5.74, 6) is -0.425. The Hall–Kier alpha value is -2.66. The second kappa shape index (κ2) is 5.27. The zero-order valence-electron chi connectivity index (χ0n) is 12.1. The van der Waals surface area contributed by atoms with E-state index in [-0.39, 0.29) is 24.6 Å². The van der Waals surface area contributed by atoms with Gasteiger partial charge in [0.2, 0.25) is 0 Å². The highest BCUT2D eigenvalue weighted by atomic mass is 16.3. The van der Waals surface area contributed by atoms with Crippen LogP contribution in [0.2, 0.25) is 0 Å². The van der Waals surface area contributed by atoms with Crippen molar-refractivity contribution in [3.8, 4) is 0 Å². The maximum Gasteiger partial charge on any atom is 0.196 e. The SMILES string of the molecule is CNc1cc(N)c(CCO)c2c1C(=O)c1ccccc1C2=O. The molecule has 4 N–H and O–H groups in total. The second-order valence-electron chi connectivity index (χ2n) is 5.17. The number of benzene rings is 2. The van der Waals surface area contributed by atoms with Crippen LogP contribution in [0.5, 0.6) is 0 Å². The quantitative estimate of drug-likeness (QED) is 0.639. The lowest BCUT2D eigenvalue weighted by Crippen LogP contribution is -2.25. The van der Waals surface area contributed by atoms with Crippen molar-refractivity contribution < 1.29 is 14.7 Å². The maximum atomic E-state index is 12.9. The first kappa shape index (κ1) is 14.3. The zero-order chi connectivity index (χ0) is 15.9. The third kappa shape index (κ3) is 1.90. The third-order valence-corrected chi connectivity index (χ3v) is 3.97. The van der Waals surface area contributed by atoms with E-state index in [4.69, 9.17) is 5.73 Å². The standard InChI is InChI=1S/C17H16N2O3/c1-19-13-8-12(18)11(6-7-20)14-15(13)17(22)10-5-3-2-4-9(10)16(14)21/h2-5,8,19-20H,6-7,18H2,1H3. The van der Waals surface area contributed by atoms with E-state index < -0.39 is 0 Å². The highest BCUT2D eigenvalue weighted by Gasteiger charge is 2.34. The highest BCUT2D eigenvalue weighted by Crippen LogP contribution is 2.37. The number of fused-ring (bicyclic) bond motifs is 2. The predicted octanol–water partition coefficient (Wildman–Crippen LogP) is 1.62. The molecule has 3 rings (SSSR count). The number of nitrogen functional groups attached to an aromatic ring is 1. The van der Waals surface area contributed by atoms with Gasteiger partial charge in [0.15, 0.2) is 11.6 Å². The van der Waals surface area contributed by atoms with Crippen LogP contribution in [0, 0.1) is 0 Å².